The van der Waals surface area contributed by atoms with Gasteiger partial charge in [0.15, 0.2) is 11.0 Å². The number of nitrogens with one attached hydrogen (secondary N) is 1. The van der Waals surface area contributed by atoms with Crippen LogP contribution in [0.3, 0.4) is 0 Å². The number of hydrogen-bond donors (Lipinski definition) is 1. The number of ether oxygens (including phenoxy) is 1. The van der Waals surface area contributed by atoms with Crippen molar-refractivity contribution in [1.82, 2.24) is 14.8 Å². The molecule has 1 fully saturated rings. The summed E-state index contributed by atoms with van der Waals surface area (Å²) in [5.74, 6) is 0.0718. The normalized spacial score (nSPS) is 14.9. The Morgan fingerprint density at radius 2 is 1.69 bits per heavy atom. The Kier molecular flexibility index (Phi) is 7.78. The van der Waals surface area contributed by atoms with Gasteiger partial charge in [-0.25, -0.2) is 14.5 Å². The summed E-state index contributed by atoms with van der Waals surface area (Å²) in [7, 11) is 0. The minimum absolute atomic E-state index is 0.148. The van der Waals surface area contributed by atoms with Crippen LogP contribution in [-0.4, -0.2) is 44.0 Å². The number of anilines is 2. The van der Waals surface area contributed by atoms with Crippen molar-refractivity contribution < 1.29 is 27.5 Å². The number of hydrogen-bond acceptors (Lipinski definition) is 6. The summed E-state index contributed by atoms with van der Waals surface area (Å²) in [5, 5.41) is 7.40. The number of carbonyl (C=O) groups excluding carboxylic acids is 2. The maximum Gasteiger partial charge on any atom is 0.573 e. The molecule has 216 valence electrons. The van der Waals surface area contributed by atoms with Crippen LogP contribution in [0, 0.1) is 0 Å². The molecular weight excluding hydrogens is 569 g/mol. The molecule has 0 saturated carbocycles. The highest BCUT2D eigenvalue weighted by Crippen LogP contribution is 2.36. The van der Waals surface area contributed by atoms with Crippen molar-refractivity contribution in [2.24, 2.45) is 4.99 Å². The summed E-state index contributed by atoms with van der Waals surface area (Å²) in [5.41, 5.74) is 3.07. The first-order valence-electron chi connectivity index (χ1n) is 12.7. The van der Waals surface area contributed by atoms with Gasteiger partial charge in [-0.2, -0.15) is 4.99 Å². The lowest BCUT2D eigenvalue weighted by Crippen LogP contribution is -2.32. The number of aliphatic imine (C=N–C) groups is 1. The summed E-state index contributed by atoms with van der Waals surface area (Å²) >= 11 is 1.20. The predicted molar refractivity (Wildman–Crippen MR) is 155 cm³/mol. The van der Waals surface area contributed by atoms with Gasteiger partial charge in [0.05, 0.1) is 17.1 Å². The number of amides is 3. The highest BCUT2D eigenvalue weighted by Gasteiger charge is 2.34. The van der Waals surface area contributed by atoms with E-state index in [1.54, 1.807) is 24.3 Å². The van der Waals surface area contributed by atoms with Crippen LogP contribution < -0.4 is 15.0 Å². The molecule has 0 radical (unpaired) electrons. The minimum atomic E-state index is -4.77. The smallest absolute Gasteiger partial charge is 0.406 e. The second kappa shape index (κ2) is 11.3. The van der Waals surface area contributed by atoms with Gasteiger partial charge in [0.2, 0.25) is 5.91 Å². The van der Waals surface area contributed by atoms with E-state index in [1.807, 2.05) is 24.3 Å². The number of rotatable bonds is 5. The van der Waals surface area contributed by atoms with Crippen LogP contribution in [-0.2, 0) is 10.2 Å². The minimum Gasteiger partial charge on any atom is -0.406 e. The first kappa shape index (κ1) is 28.9. The third kappa shape index (κ3) is 6.62. The van der Waals surface area contributed by atoms with Gasteiger partial charge < -0.3 is 10.1 Å². The molecule has 1 N–H and O–H groups in total. The van der Waals surface area contributed by atoms with E-state index >= 15 is 0 Å². The first-order valence-corrected chi connectivity index (χ1v) is 13.7. The number of nitrogens with zero attached hydrogens (tertiary/aromatic N) is 5. The molecular formula is C29H25F3N6O3S. The van der Waals surface area contributed by atoms with Crippen molar-refractivity contribution in [1.29, 1.82) is 0 Å². The van der Waals surface area contributed by atoms with Crippen molar-refractivity contribution in [3.05, 3.63) is 84.7 Å². The summed E-state index contributed by atoms with van der Waals surface area (Å²) < 4.78 is 42.5. The van der Waals surface area contributed by atoms with Crippen molar-refractivity contribution >= 4 is 40.2 Å². The molecule has 0 unspecified atom stereocenters. The van der Waals surface area contributed by atoms with E-state index in [9.17, 15) is 22.8 Å². The molecule has 42 heavy (non-hydrogen) atoms. The largest absolute Gasteiger partial charge is 0.573 e. The topological polar surface area (TPSA) is 102 Å². The maximum absolute atomic E-state index is 12.8. The van der Waals surface area contributed by atoms with Crippen molar-refractivity contribution in [2.45, 2.75) is 32.5 Å². The fourth-order valence-corrected chi connectivity index (χ4v) is 5.10. The number of amidine groups is 1. The number of carbonyl (C=O) groups is 2. The lowest BCUT2D eigenvalue weighted by atomic mass is 9.85. The number of urea groups is 1. The van der Waals surface area contributed by atoms with Gasteiger partial charge in [0.1, 0.15) is 12.1 Å². The van der Waals surface area contributed by atoms with Gasteiger partial charge in [0.25, 0.3) is 0 Å². The van der Waals surface area contributed by atoms with E-state index in [0.717, 1.165) is 5.56 Å². The van der Waals surface area contributed by atoms with Gasteiger partial charge in [-0.1, -0.05) is 50.7 Å². The summed E-state index contributed by atoms with van der Waals surface area (Å²) in [6.07, 6.45) is -3.33. The second-order valence-corrected chi connectivity index (χ2v) is 11.2. The van der Waals surface area contributed by atoms with Crippen LogP contribution in [0.5, 0.6) is 5.75 Å². The van der Waals surface area contributed by atoms with Gasteiger partial charge in [-0.15, -0.1) is 18.3 Å². The molecule has 9 nitrogen and oxygen atoms in total. The van der Waals surface area contributed by atoms with Crippen LogP contribution in [0.15, 0.2) is 84.1 Å². The van der Waals surface area contributed by atoms with Crippen LogP contribution in [0.4, 0.5) is 29.3 Å². The average Bonchev–Trinajstić information content (AvgIpc) is 3.55. The Morgan fingerprint density at radius 1 is 1.00 bits per heavy atom. The zero-order chi connectivity index (χ0) is 30.1. The van der Waals surface area contributed by atoms with Gasteiger partial charge in [-0.05, 0) is 65.6 Å². The van der Waals surface area contributed by atoms with E-state index in [1.165, 1.54) is 51.9 Å². The van der Waals surface area contributed by atoms with Gasteiger partial charge >= 0.3 is 12.4 Å². The van der Waals surface area contributed by atoms with Crippen LogP contribution in [0.1, 0.15) is 26.3 Å². The van der Waals surface area contributed by atoms with E-state index in [0.29, 0.717) is 33.6 Å². The number of alkyl halides is 3. The third-order valence-corrected chi connectivity index (χ3v) is 7.06. The molecule has 13 heteroatoms. The molecule has 0 spiro atoms. The molecule has 5 rings (SSSR count). The van der Waals surface area contributed by atoms with Crippen molar-refractivity contribution in [3.8, 4) is 22.8 Å². The highest BCUT2D eigenvalue weighted by atomic mass is 32.2. The second-order valence-electron chi connectivity index (χ2n) is 10.2. The van der Waals surface area contributed by atoms with Gasteiger partial charge in [-0.3, -0.25) is 9.69 Å². The van der Waals surface area contributed by atoms with Crippen molar-refractivity contribution in [3.63, 3.8) is 0 Å². The predicted octanol–water partition coefficient (Wildman–Crippen LogP) is 6.80. The molecule has 1 aromatic heterocycles. The zero-order valence-electron chi connectivity index (χ0n) is 22.7. The number of para-hydroxylation sites is 1. The van der Waals surface area contributed by atoms with Crippen LogP contribution in [0.2, 0.25) is 0 Å². The average molecular weight is 595 g/mol. The molecule has 0 aliphatic carbocycles. The lowest BCUT2D eigenvalue weighted by molar-refractivity contribution is -0.274. The number of halogens is 3. The van der Waals surface area contributed by atoms with Crippen molar-refractivity contribution in [2.75, 3.05) is 16.0 Å². The van der Waals surface area contributed by atoms with Crippen LogP contribution in [0.25, 0.3) is 17.1 Å². The Bertz CT molecular complexity index is 1640. The molecule has 3 aromatic carbocycles. The van der Waals surface area contributed by atoms with Crippen LogP contribution >= 0.6 is 11.8 Å². The number of benzene rings is 3. The van der Waals surface area contributed by atoms with E-state index < -0.39 is 12.4 Å². The quantitative estimate of drug-likeness (QED) is 0.273. The molecule has 0 atom stereocenters. The maximum atomic E-state index is 12.8. The molecule has 1 aliphatic heterocycles. The Labute approximate surface area is 243 Å². The van der Waals surface area contributed by atoms with E-state index in [-0.39, 0.29) is 22.8 Å². The molecule has 0 bridgehead atoms. The summed E-state index contributed by atoms with van der Waals surface area (Å²) in [6, 6.07) is 18.9. The zero-order valence-corrected chi connectivity index (χ0v) is 23.5. The SMILES string of the molecule is CC(C)(C)c1ccccc1N1C(=O)CSC1=NC(=O)Nc1ccc(-c2ncn(-c3ccc(OC(F)(F)F)cc3)n2)cc1. The van der Waals surface area contributed by atoms with Gasteiger partial charge in [0, 0.05) is 11.3 Å². The fraction of sp³-hybridized carbons (Fsp3) is 0.207. The highest BCUT2D eigenvalue weighted by molar-refractivity contribution is 8.15. The Morgan fingerprint density at radius 3 is 2.36 bits per heavy atom. The first-order chi connectivity index (χ1) is 19.9. The summed E-state index contributed by atoms with van der Waals surface area (Å²) in [4.78, 5) is 35.5. The summed E-state index contributed by atoms with van der Waals surface area (Å²) in [6.45, 7) is 6.17. The molecule has 3 amide bonds. The number of aromatic nitrogens is 3. The molecule has 1 saturated heterocycles. The lowest BCUT2D eigenvalue weighted by Gasteiger charge is -2.27. The Balaban J connectivity index is 1.27. The molecule has 4 aromatic rings. The number of thioether (sulfide) groups is 1. The van der Waals surface area contributed by atoms with E-state index in [4.69, 9.17) is 0 Å². The monoisotopic (exact) mass is 594 g/mol. The molecule has 1 aliphatic rings. The third-order valence-electron chi connectivity index (χ3n) is 6.14. The molecule has 2 heterocycles. The van der Waals surface area contributed by atoms with E-state index in [2.05, 4.69) is 45.9 Å². The standard InChI is InChI=1S/C29H25F3N6O3S/c1-28(2,3)22-6-4-5-7-23(22)38-24(39)16-42-27(38)35-26(40)34-19-10-8-18(9-11-19)25-33-17-37(36-25)20-12-14-21(15-13-20)41-29(30,31)32/h4-15,17H,16H2,1-3H3,(H,34,40). The Hall–Kier alpha value is -4.65. The fourth-order valence-electron chi connectivity index (χ4n) is 4.25.